The highest BCUT2D eigenvalue weighted by Crippen LogP contribution is 2.39. The first-order chi connectivity index (χ1) is 17.2. The van der Waals surface area contributed by atoms with E-state index in [1.165, 1.54) is 31.0 Å². The largest absolute Gasteiger partial charge is 0.493 e. The van der Waals surface area contributed by atoms with Crippen LogP contribution in [0.1, 0.15) is 12.5 Å². The van der Waals surface area contributed by atoms with Crippen LogP contribution in [0.15, 0.2) is 46.2 Å². The van der Waals surface area contributed by atoms with E-state index in [4.69, 9.17) is 25.8 Å². The average Bonchev–Trinajstić information content (AvgIpc) is 3.10. The molecule has 2 aromatic carbocycles. The van der Waals surface area contributed by atoms with E-state index in [9.17, 15) is 19.2 Å². The fourth-order valence-corrected chi connectivity index (χ4v) is 4.70. The number of carbonyl (C=O) groups excluding carboxylic acids is 4. The highest BCUT2D eigenvalue weighted by atomic mass is 35.5. The van der Waals surface area contributed by atoms with E-state index in [1.54, 1.807) is 31.2 Å². The standard InChI is InChI=1S/C24H23ClN2O7S2/c1-4-33-21(29)13-34-22-17(25)8-14(9-18(22)32-2)10-19-23(30)27(24(31)36-19)12-20(28)26-15-6-5-7-16(11-15)35-3/h5-11H,4,12-13H2,1-3H3,(H,26,28)/b19-10-. The van der Waals surface area contributed by atoms with Crippen LogP contribution in [0.4, 0.5) is 10.5 Å². The Labute approximate surface area is 221 Å². The number of esters is 1. The molecule has 1 saturated heterocycles. The molecule has 0 aromatic heterocycles. The number of hydrogen-bond acceptors (Lipinski definition) is 9. The Kier molecular flexibility index (Phi) is 9.68. The van der Waals surface area contributed by atoms with E-state index >= 15 is 0 Å². The van der Waals surface area contributed by atoms with Gasteiger partial charge in [-0.05, 0) is 66.9 Å². The summed E-state index contributed by atoms with van der Waals surface area (Å²) in [6.07, 6.45) is 3.38. The highest BCUT2D eigenvalue weighted by Gasteiger charge is 2.36. The first kappa shape index (κ1) is 27.4. The normalized spacial score (nSPS) is 14.2. The van der Waals surface area contributed by atoms with Gasteiger partial charge in [-0.25, -0.2) is 4.79 Å². The second kappa shape index (κ2) is 12.7. The van der Waals surface area contributed by atoms with Gasteiger partial charge in [-0.1, -0.05) is 17.7 Å². The third kappa shape index (κ3) is 6.96. The number of imide groups is 1. The zero-order chi connectivity index (χ0) is 26.2. The van der Waals surface area contributed by atoms with Crippen LogP contribution < -0.4 is 14.8 Å². The van der Waals surface area contributed by atoms with E-state index in [1.807, 2.05) is 12.3 Å². The first-order valence-electron chi connectivity index (χ1n) is 10.6. The molecule has 0 saturated carbocycles. The number of methoxy groups -OCH3 is 1. The zero-order valence-electron chi connectivity index (χ0n) is 19.7. The van der Waals surface area contributed by atoms with E-state index < -0.39 is 29.6 Å². The maximum absolute atomic E-state index is 12.8. The van der Waals surface area contributed by atoms with Gasteiger partial charge < -0.3 is 19.5 Å². The molecule has 36 heavy (non-hydrogen) atoms. The van der Waals surface area contributed by atoms with Crippen molar-refractivity contribution in [2.75, 3.05) is 38.4 Å². The van der Waals surface area contributed by atoms with Crippen molar-refractivity contribution in [3.05, 3.63) is 51.9 Å². The van der Waals surface area contributed by atoms with Gasteiger partial charge in [-0.3, -0.25) is 19.3 Å². The van der Waals surface area contributed by atoms with Crippen molar-refractivity contribution in [3.63, 3.8) is 0 Å². The molecule has 12 heteroatoms. The molecule has 3 amide bonds. The summed E-state index contributed by atoms with van der Waals surface area (Å²) in [5, 5.41) is 2.27. The molecule has 2 aromatic rings. The van der Waals surface area contributed by atoms with Crippen molar-refractivity contribution >= 4 is 69.9 Å². The van der Waals surface area contributed by atoms with E-state index in [2.05, 4.69) is 5.32 Å². The minimum Gasteiger partial charge on any atom is -0.493 e. The molecule has 0 atom stereocenters. The summed E-state index contributed by atoms with van der Waals surface area (Å²) < 4.78 is 15.6. The molecular weight excluding hydrogens is 528 g/mol. The third-order valence-electron chi connectivity index (χ3n) is 4.72. The molecule has 0 bridgehead atoms. The van der Waals surface area contributed by atoms with Gasteiger partial charge in [0.15, 0.2) is 18.1 Å². The quantitative estimate of drug-likeness (QED) is 0.256. The van der Waals surface area contributed by atoms with Gasteiger partial charge in [0.2, 0.25) is 5.91 Å². The zero-order valence-corrected chi connectivity index (χ0v) is 22.1. The molecule has 0 aliphatic carbocycles. The van der Waals surface area contributed by atoms with Crippen molar-refractivity contribution in [1.82, 2.24) is 4.90 Å². The first-order valence-corrected chi connectivity index (χ1v) is 13.0. The molecule has 9 nitrogen and oxygen atoms in total. The predicted molar refractivity (Wildman–Crippen MR) is 140 cm³/mol. The number of halogens is 1. The lowest BCUT2D eigenvalue weighted by Crippen LogP contribution is -2.36. The molecule has 1 fully saturated rings. The van der Waals surface area contributed by atoms with Gasteiger partial charge >= 0.3 is 5.97 Å². The Morgan fingerprint density at radius 2 is 2.00 bits per heavy atom. The molecular formula is C24H23ClN2O7S2. The van der Waals surface area contributed by atoms with Crippen molar-refractivity contribution in [1.29, 1.82) is 0 Å². The topological polar surface area (TPSA) is 111 Å². The van der Waals surface area contributed by atoms with E-state index in [-0.39, 0.29) is 34.6 Å². The van der Waals surface area contributed by atoms with Gasteiger partial charge in [0.1, 0.15) is 6.54 Å². The fourth-order valence-electron chi connectivity index (χ4n) is 3.13. The van der Waals surface area contributed by atoms with Gasteiger partial charge in [0, 0.05) is 10.6 Å². The molecule has 190 valence electrons. The van der Waals surface area contributed by atoms with Crippen molar-refractivity contribution in [2.24, 2.45) is 0 Å². The van der Waals surface area contributed by atoms with Crippen LogP contribution in [0.5, 0.6) is 11.5 Å². The number of benzene rings is 2. The number of nitrogens with zero attached hydrogens (tertiary/aromatic N) is 1. The Morgan fingerprint density at radius 1 is 1.22 bits per heavy atom. The maximum Gasteiger partial charge on any atom is 0.344 e. The smallest absolute Gasteiger partial charge is 0.344 e. The number of amides is 3. The minimum atomic E-state index is -0.601. The summed E-state index contributed by atoms with van der Waals surface area (Å²) >= 11 is 8.55. The number of hydrogen-bond donors (Lipinski definition) is 1. The van der Waals surface area contributed by atoms with Crippen molar-refractivity contribution in [3.8, 4) is 11.5 Å². The Bertz CT molecular complexity index is 1220. The van der Waals surface area contributed by atoms with Gasteiger partial charge in [-0.15, -0.1) is 11.8 Å². The van der Waals surface area contributed by atoms with Gasteiger partial charge in [0.05, 0.1) is 23.6 Å². The predicted octanol–water partition coefficient (Wildman–Crippen LogP) is 4.69. The van der Waals surface area contributed by atoms with Crippen molar-refractivity contribution < 1.29 is 33.4 Å². The van der Waals surface area contributed by atoms with Gasteiger partial charge in [0.25, 0.3) is 11.1 Å². The Morgan fingerprint density at radius 3 is 2.69 bits per heavy atom. The molecule has 1 aliphatic heterocycles. The Balaban J connectivity index is 1.72. The highest BCUT2D eigenvalue weighted by molar-refractivity contribution is 8.18. The van der Waals surface area contributed by atoms with Crippen LogP contribution in [0.25, 0.3) is 6.08 Å². The molecule has 3 rings (SSSR count). The fraction of sp³-hybridized carbons (Fsp3) is 0.250. The number of ether oxygens (including phenoxy) is 3. The molecule has 1 N–H and O–H groups in total. The van der Waals surface area contributed by atoms with Crippen LogP contribution in [-0.4, -0.2) is 61.0 Å². The lowest BCUT2D eigenvalue weighted by Gasteiger charge is -2.13. The number of carbonyl (C=O) groups is 4. The lowest BCUT2D eigenvalue weighted by molar-refractivity contribution is -0.145. The molecule has 1 heterocycles. The van der Waals surface area contributed by atoms with Crippen LogP contribution in [-0.2, 0) is 19.1 Å². The summed E-state index contributed by atoms with van der Waals surface area (Å²) in [6.45, 7) is 1.12. The summed E-state index contributed by atoms with van der Waals surface area (Å²) in [4.78, 5) is 51.3. The Hall–Kier alpha value is -3.15. The summed E-state index contributed by atoms with van der Waals surface area (Å²) in [6, 6.07) is 10.3. The molecule has 0 spiro atoms. The maximum atomic E-state index is 12.8. The molecule has 1 aliphatic rings. The number of rotatable bonds is 10. The van der Waals surface area contributed by atoms with Crippen molar-refractivity contribution in [2.45, 2.75) is 11.8 Å². The SMILES string of the molecule is CCOC(=O)COc1c(Cl)cc(/C=C2\SC(=O)N(CC(=O)Nc3cccc(SC)c3)C2=O)cc1OC. The molecule has 0 unspecified atom stereocenters. The summed E-state index contributed by atoms with van der Waals surface area (Å²) in [5.41, 5.74) is 1.03. The summed E-state index contributed by atoms with van der Waals surface area (Å²) in [5.74, 6) is -1.29. The van der Waals surface area contributed by atoms with Crippen LogP contribution >= 0.6 is 35.1 Å². The summed E-state index contributed by atoms with van der Waals surface area (Å²) in [7, 11) is 1.40. The second-order valence-corrected chi connectivity index (χ2v) is 9.46. The number of anilines is 1. The average molecular weight is 551 g/mol. The van der Waals surface area contributed by atoms with Gasteiger partial charge in [-0.2, -0.15) is 0 Å². The monoisotopic (exact) mass is 550 g/mol. The van der Waals surface area contributed by atoms with E-state index in [0.717, 1.165) is 9.80 Å². The third-order valence-corrected chi connectivity index (χ3v) is 6.63. The second-order valence-electron chi connectivity index (χ2n) is 7.18. The van der Waals surface area contributed by atoms with Crippen LogP contribution in [0, 0.1) is 0 Å². The lowest BCUT2D eigenvalue weighted by atomic mass is 10.1. The van der Waals surface area contributed by atoms with Crippen LogP contribution in [0.3, 0.4) is 0 Å². The molecule has 0 radical (unpaired) electrons. The van der Waals surface area contributed by atoms with Crippen LogP contribution in [0.2, 0.25) is 5.02 Å². The minimum absolute atomic E-state index is 0.121. The number of thioether (sulfide) groups is 2. The van der Waals surface area contributed by atoms with E-state index in [0.29, 0.717) is 23.0 Å². The number of nitrogens with one attached hydrogen (secondary N) is 1.